The van der Waals surface area contributed by atoms with Crippen LogP contribution < -0.4 is 4.74 Å². The number of hydrogen-bond acceptors (Lipinski definition) is 3. The average Bonchev–Trinajstić information content (AvgIpc) is 2.64. The van der Waals surface area contributed by atoms with Gasteiger partial charge in [-0.1, -0.05) is 64.5 Å². The van der Waals surface area contributed by atoms with Crippen molar-refractivity contribution in [2.24, 2.45) is 0 Å². The van der Waals surface area contributed by atoms with Crippen molar-refractivity contribution in [3.05, 3.63) is 70.3 Å². The standard InChI is InChI=1S/C26H34O3/c1-8-10-11-19-16-23(27)20(14-18(19)4)15-21-12-17(3)13-22(26(5,6)7)25(21)29-24(28)9-2/h9,12-14,16,27H,2,8,10-11,15H2,1,3-7H3. The summed E-state index contributed by atoms with van der Waals surface area (Å²) in [7, 11) is 0. The highest BCUT2D eigenvalue weighted by Crippen LogP contribution is 2.38. The van der Waals surface area contributed by atoms with Crippen LogP contribution in [-0.4, -0.2) is 11.1 Å². The van der Waals surface area contributed by atoms with Crippen LogP contribution in [0.2, 0.25) is 0 Å². The van der Waals surface area contributed by atoms with Crippen molar-refractivity contribution >= 4 is 5.97 Å². The van der Waals surface area contributed by atoms with Gasteiger partial charge >= 0.3 is 5.97 Å². The summed E-state index contributed by atoms with van der Waals surface area (Å²) < 4.78 is 5.69. The lowest BCUT2D eigenvalue weighted by Gasteiger charge is -2.25. The first kappa shape index (κ1) is 22.7. The van der Waals surface area contributed by atoms with E-state index in [1.165, 1.54) is 17.2 Å². The molecule has 0 amide bonds. The maximum atomic E-state index is 12.0. The molecular weight excluding hydrogens is 360 g/mol. The number of benzene rings is 2. The minimum Gasteiger partial charge on any atom is -0.508 e. The zero-order valence-corrected chi connectivity index (χ0v) is 18.7. The Morgan fingerprint density at radius 1 is 1.10 bits per heavy atom. The minimum absolute atomic E-state index is 0.195. The van der Waals surface area contributed by atoms with E-state index in [1.807, 2.05) is 19.1 Å². The summed E-state index contributed by atoms with van der Waals surface area (Å²) in [6, 6.07) is 8.03. The highest BCUT2D eigenvalue weighted by atomic mass is 16.5. The van der Waals surface area contributed by atoms with Gasteiger partial charge in [-0.05, 0) is 60.4 Å². The molecule has 0 heterocycles. The topological polar surface area (TPSA) is 46.5 Å². The summed E-state index contributed by atoms with van der Waals surface area (Å²) in [5.41, 5.74) is 5.97. The van der Waals surface area contributed by atoms with Gasteiger partial charge in [-0.3, -0.25) is 0 Å². The van der Waals surface area contributed by atoms with E-state index in [1.54, 1.807) is 0 Å². The summed E-state index contributed by atoms with van der Waals surface area (Å²) in [4.78, 5) is 12.0. The molecule has 1 N–H and O–H groups in total. The van der Waals surface area contributed by atoms with Crippen LogP contribution in [0.1, 0.15) is 73.9 Å². The van der Waals surface area contributed by atoms with E-state index in [-0.39, 0.29) is 5.41 Å². The van der Waals surface area contributed by atoms with Gasteiger partial charge in [0.25, 0.3) is 0 Å². The number of phenolic OH excluding ortho intramolecular Hbond substituents is 1. The zero-order valence-electron chi connectivity index (χ0n) is 18.7. The molecule has 29 heavy (non-hydrogen) atoms. The number of rotatable bonds is 7. The van der Waals surface area contributed by atoms with Crippen LogP contribution in [0.5, 0.6) is 11.5 Å². The zero-order chi connectivity index (χ0) is 21.8. The molecule has 2 rings (SSSR count). The Kier molecular flexibility index (Phi) is 7.29. The number of aromatic hydroxyl groups is 1. The smallest absolute Gasteiger partial charge is 0.335 e. The molecule has 3 heteroatoms. The van der Waals surface area contributed by atoms with Gasteiger partial charge in [0.15, 0.2) is 0 Å². The van der Waals surface area contributed by atoms with Gasteiger partial charge in [0.05, 0.1) is 0 Å². The van der Waals surface area contributed by atoms with Crippen LogP contribution in [0.4, 0.5) is 0 Å². The van der Waals surface area contributed by atoms with Crippen molar-refractivity contribution in [1.82, 2.24) is 0 Å². The molecule has 0 atom stereocenters. The number of aryl methyl sites for hydroxylation is 3. The summed E-state index contributed by atoms with van der Waals surface area (Å²) in [6.45, 7) is 16.1. The molecule has 2 aromatic rings. The van der Waals surface area contributed by atoms with E-state index in [0.717, 1.165) is 41.5 Å². The Hall–Kier alpha value is -2.55. The van der Waals surface area contributed by atoms with Crippen LogP contribution in [0.3, 0.4) is 0 Å². The van der Waals surface area contributed by atoms with Crippen LogP contribution in [0, 0.1) is 13.8 Å². The number of ether oxygens (including phenoxy) is 1. The van der Waals surface area contributed by atoms with Crippen molar-refractivity contribution in [2.75, 3.05) is 0 Å². The van der Waals surface area contributed by atoms with Crippen molar-refractivity contribution in [1.29, 1.82) is 0 Å². The molecule has 0 fully saturated rings. The lowest BCUT2D eigenvalue weighted by Crippen LogP contribution is -2.17. The first-order valence-electron chi connectivity index (χ1n) is 10.4. The fourth-order valence-electron chi connectivity index (χ4n) is 3.58. The first-order valence-corrected chi connectivity index (χ1v) is 10.4. The third kappa shape index (κ3) is 5.72. The molecular formula is C26H34O3. The first-order chi connectivity index (χ1) is 13.6. The second-order valence-corrected chi connectivity index (χ2v) is 8.86. The average molecular weight is 395 g/mol. The van der Waals surface area contributed by atoms with Crippen LogP contribution in [0.15, 0.2) is 36.9 Å². The molecule has 2 aromatic carbocycles. The van der Waals surface area contributed by atoms with Gasteiger partial charge in [0.1, 0.15) is 11.5 Å². The van der Waals surface area contributed by atoms with Gasteiger partial charge in [0.2, 0.25) is 0 Å². The molecule has 0 aliphatic heterocycles. The molecule has 0 saturated heterocycles. The predicted molar refractivity (Wildman–Crippen MR) is 120 cm³/mol. The van der Waals surface area contributed by atoms with Crippen molar-refractivity contribution in [3.8, 4) is 11.5 Å². The Bertz CT molecular complexity index is 901. The van der Waals surface area contributed by atoms with E-state index in [9.17, 15) is 9.90 Å². The Labute approximate surface area is 175 Å². The van der Waals surface area contributed by atoms with Gasteiger partial charge < -0.3 is 9.84 Å². The fraction of sp³-hybridized carbons (Fsp3) is 0.423. The summed E-state index contributed by atoms with van der Waals surface area (Å²) in [5, 5.41) is 10.7. The largest absolute Gasteiger partial charge is 0.508 e. The number of carbonyl (C=O) groups is 1. The molecule has 0 aliphatic rings. The third-order valence-electron chi connectivity index (χ3n) is 5.21. The maximum Gasteiger partial charge on any atom is 0.335 e. The number of carbonyl (C=O) groups excluding carboxylic acids is 1. The highest BCUT2D eigenvalue weighted by molar-refractivity contribution is 5.84. The van der Waals surface area contributed by atoms with Crippen LogP contribution in [-0.2, 0) is 23.1 Å². The number of unbranched alkanes of at least 4 members (excludes halogenated alkanes) is 1. The minimum atomic E-state index is -0.476. The van der Waals surface area contributed by atoms with Crippen molar-refractivity contribution < 1.29 is 14.6 Å². The maximum absolute atomic E-state index is 12.0. The number of hydrogen-bond donors (Lipinski definition) is 1. The van der Waals surface area contributed by atoms with Crippen molar-refractivity contribution in [2.45, 2.75) is 72.6 Å². The quantitative estimate of drug-likeness (QED) is 0.339. The molecule has 0 unspecified atom stereocenters. The van der Waals surface area contributed by atoms with Crippen molar-refractivity contribution in [3.63, 3.8) is 0 Å². The number of esters is 1. The van der Waals surface area contributed by atoms with Gasteiger partial charge in [-0.2, -0.15) is 0 Å². The summed E-state index contributed by atoms with van der Waals surface area (Å²) >= 11 is 0. The molecule has 0 aliphatic carbocycles. The monoisotopic (exact) mass is 394 g/mol. The highest BCUT2D eigenvalue weighted by Gasteiger charge is 2.24. The number of phenols is 1. The van der Waals surface area contributed by atoms with E-state index >= 15 is 0 Å². The SMILES string of the molecule is C=CC(=O)Oc1c(Cc2cc(C)c(CCCC)cc2O)cc(C)cc1C(C)(C)C. The van der Waals surface area contributed by atoms with Gasteiger partial charge in [0, 0.05) is 18.1 Å². The second kappa shape index (κ2) is 9.30. The lowest BCUT2D eigenvalue weighted by molar-refractivity contribution is -0.129. The Balaban J connectivity index is 2.54. The van der Waals surface area contributed by atoms with Gasteiger partial charge in [-0.15, -0.1) is 0 Å². The van der Waals surface area contributed by atoms with E-state index in [2.05, 4.69) is 53.3 Å². The van der Waals surface area contributed by atoms with Crippen LogP contribution >= 0.6 is 0 Å². The lowest BCUT2D eigenvalue weighted by atomic mass is 9.83. The van der Waals surface area contributed by atoms with Crippen LogP contribution in [0.25, 0.3) is 0 Å². The van der Waals surface area contributed by atoms with E-state index in [4.69, 9.17) is 4.74 Å². The molecule has 0 bridgehead atoms. The fourth-order valence-corrected chi connectivity index (χ4v) is 3.58. The normalized spacial score (nSPS) is 11.4. The van der Waals surface area contributed by atoms with E-state index < -0.39 is 5.97 Å². The Morgan fingerprint density at radius 3 is 2.38 bits per heavy atom. The molecule has 3 nitrogen and oxygen atoms in total. The summed E-state index contributed by atoms with van der Waals surface area (Å²) in [5.74, 6) is 0.387. The summed E-state index contributed by atoms with van der Waals surface area (Å²) in [6.07, 6.45) is 4.87. The molecule has 156 valence electrons. The molecule has 0 aromatic heterocycles. The molecule has 0 spiro atoms. The third-order valence-corrected chi connectivity index (χ3v) is 5.21. The van der Waals surface area contributed by atoms with E-state index in [0.29, 0.717) is 17.9 Å². The molecule has 0 radical (unpaired) electrons. The Morgan fingerprint density at radius 2 is 1.79 bits per heavy atom. The molecule has 0 saturated carbocycles. The van der Waals surface area contributed by atoms with Gasteiger partial charge in [-0.25, -0.2) is 4.79 Å². The predicted octanol–water partition coefficient (Wildman–Crippen LogP) is 6.33. The second-order valence-electron chi connectivity index (χ2n) is 8.86.